The van der Waals surface area contributed by atoms with Gasteiger partial charge in [0.1, 0.15) is 16.9 Å². The molecule has 0 unspecified atom stereocenters. The molecule has 1 heterocycles. The lowest BCUT2D eigenvalue weighted by atomic mass is 10.0. The van der Waals surface area contributed by atoms with Crippen LogP contribution in [-0.2, 0) is 4.79 Å². The minimum atomic E-state index is -0.566. The highest BCUT2D eigenvalue weighted by molar-refractivity contribution is 6.09. The first-order valence-corrected chi connectivity index (χ1v) is 9.01. The zero-order valence-corrected chi connectivity index (χ0v) is 15.9. The van der Waals surface area contributed by atoms with E-state index in [0.717, 1.165) is 16.2 Å². The number of imide groups is 1. The number of amides is 2. The summed E-state index contributed by atoms with van der Waals surface area (Å²) < 4.78 is 11.2. The van der Waals surface area contributed by atoms with Gasteiger partial charge in [0.15, 0.2) is 0 Å². The molecule has 3 aromatic carbocycles. The predicted molar refractivity (Wildman–Crippen MR) is 110 cm³/mol. The normalized spacial score (nSPS) is 11.6. The summed E-state index contributed by atoms with van der Waals surface area (Å²) in [6, 6.07) is 20.4. The lowest BCUT2D eigenvalue weighted by Crippen LogP contribution is -2.32. The van der Waals surface area contributed by atoms with E-state index in [0.29, 0.717) is 17.0 Å². The fraction of sp³-hybridized carbons (Fsp3) is 0.0870. The second-order valence-electron chi connectivity index (χ2n) is 6.48. The molecule has 29 heavy (non-hydrogen) atoms. The first-order valence-electron chi connectivity index (χ1n) is 9.01. The molecule has 1 aromatic heterocycles. The quantitative estimate of drug-likeness (QED) is 0.538. The fourth-order valence-electron chi connectivity index (χ4n) is 3.13. The number of hydrogen-bond donors (Lipinski definition) is 1. The maximum Gasteiger partial charge on any atom is 0.263 e. The van der Waals surface area contributed by atoms with Crippen molar-refractivity contribution in [1.29, 1.82) is 0 Å². The maximum absolute atomic E-state index is 12.7. The highest BCUT2D eigenvalue weighted by Crippen LogP contribution is 2.25. The predicted octanol–water partition coefficient (Wildman–Crippen LogP) is 4.10. The van der Waals surface area contributed by atoms with Crippen LogP contribution < -0.4 is 15.6 Å². The Balaban J connectivity index is 1.97. The van der Waals surface area contributed by atoms with Gasteiger partial charge in [-0.3, -0.25) is 14.9 Å². The SMILES string of the molecule is COc1ccc(N=c2oc3ccc4ccccc4c3cc2C(=O)NC(C)=O)cc1. The first kappa shape index (κ1) is 18.4. The number of nitrogens with one attached hydrogen (secondary N) is 1. The summed E-state index contributed by atoms with van der Waals surface area (Å²) in [4.78, 5) is 28.6. The zero-order valence-electron chi connectivity index (χ0n) is 15.9. The molecule has 0 aliphatic heterocycles. The van der Waals surface area contributed by atoms with Crippen molar-refractivity contribution in [1.82, 2.24) is 5.32 Å². The van der Waals surface area contributed by atoms with E-state index in [-0.39, 0.29) is 11.1 Å². The van der Waals surface area contributed by atoms with E-state index in [2.05, 4.69) is 10.3 Å². The van der Waals surface area contributed by atoms with Crippen LogP contribution in [0.25, 0.3) is 21.7 Å². The van der Waals surface area contributed by atoms with Crippen LogP contribution in [0, 0.1) is 0 Å². The van der Waals surface area contributed by atoms with E-state index in [1.165, 1.54) is 6.92 Å². The van der Waals surface area contributed by atoms with E-state index in [1.54, 1.807) is 37.4 Å². The molecule has 144 valence electrons. The second-order valence-corrected chi connectivity index (χ2v) is 6.48. The van der Waals surface area contributed by atoms with Crippen molar-refractivity contribution in [2.45, 2.75) is 6.92 Å². The summed E-state index contributed by atoms with van der Waals surface area (Å²) >= 11 is 0. The van der Waals surface area contributed by atoms with Gasteiger partial charge in [-0.05, 0) is 47.2 Å². The molecule has 0 fully saturated rings. The van der Waals surface area contributed by atoms with Gasteiger partial charge in [0.05, 0.1) is 12.8 Å². The summed E-state index contributed by atoms with van der Waals surface area (Å²) in [5.41, 5.74) is 1.48. The average molecular weight is 386 g/mol. The number of nitrogens with zero attached hydrogens (tertiary/aromatic N) is 1. The third-order valence-electron chi connectivity index (χ3n) is 4.49. The van der Waals surface area contributed by atoms with Crippen LogP contribution in [0.2, 0.25) is 0 Å². The summed E-state index contributed by atoms with van der Waals surface area (Å²) in [6.45, 7) is 1.28. The molecule has 0 atom stereocenters. The van der Waals surface area contributed by atoms with Gasteiger partial charge in [0, 0.05) is 12.3 Å². The van der Waals surface area contributed by atoms with Crippen molar-refractivity contribution in [2.75, 3.05) is 7.11 Å². The van der Waals surface area contributed by atoms with Crippen molar-refractivity contribution in [3.05, 3.63) is 77.8 Å². The van der Waals surface area contributed by atoms with Crippen LogP contribution in [0.1, 0.15) is 17.3 Å². The van der Waals surface area contributed by atoms with E-state index >= 15 is 0 Å². The molecule has 1 N–H and O–H groups in total. The molecule has 0 aliphatic rings. The molecule has 0 aliphatic carbocycles. The number of methoxy groups -OCH3 is 1. The fourth-order valence-corrected chi connectivity index (χ4v) is 3.13. The minimum Gasteiger partial charge on any atom is -0.497 e. The summed E-state index contributed by atoms with van der Waals surface area (Å²) in [5.74, 6) is -0.327. The number of carbonyl (C=O) groups is 2. The molecule has 4 aromatic rings. The monoisotopic (exact) mass is 386 g/mol. The molecule has 6 heteroatoms. The molecule has 0 radical (unpaired) electrons. The molecule has 0 bridgehead atoms. The lowest BCUT2D eigenvalue weighted by Gasteiger charge is -2.07. The molecule has 6 nitrogen and oxygen atoms in total. The Morgan fingerprint density at radius 1 is 0.966 bits per heavy atom. The standard InChI is InChI=1S/C23H18N2O4/c1-14(26)24-22(27)20-13-19-18-6-4-3-5-15(18)7-12-21(19)29-23(20)25-16-8-10-17(28-2)11-9-16/h3-13H,1-2H3,(H,24,26,27). The summed E-state index contributed by atoms with van der Waals surface area (Å²) in [7, 11) is 1.58. The van der Waals surface area contributed by atoms with Gasteiger partial charge in [0.2, 0.25) is 11.5 Å². The first-order chi connectivity index (χ1) is 14.0. The highest BCUT2D eigenvalue weighted by Gasteiger charge is 2.15. The average Bonchev–Trinajstić information content (AvgIpc) is 2.73. The molecule has 2 amide bonds. The number of fused-ring (bicyclic) bond motifs is 3. The van der Waals surface area contributed by atoms with Gasteiger partial charge in [-0.25, -0.2) is 4.99 Å². The molecule has 0 saturated carbocycles. The van der Waals surface area contributed by atoms with Crippen LogP contribution in [0.3, 0.4) is 0 Å². The number of hydrogen-bond acceptors (Lipinski definition) is 5. The van der Waals surface area contributed by atoms with E-state index in [4.69, 9.17) is 9.15 Å². The Bertz CT molecular complexity index is 1300. The van der Waals surface area contributed by atoms with Crippen LogP contribution in [0.5, 0.6) is 5.75 Å². The van der Waals surface area contributed by atoms with Crippen molar-refractivity contribution in [3.63, 3.8) is 0 Å². The van der Waals surface area contributed by atoms with Gasteiger partial charge >= 0.3 is 0 Å². The van der Waals surface area contributed by atoms with Gasteiger partial charge < -0.3 is 9.15 Å². The van der Waals surface area contributed by atoms with Crippen LogP contribution in [0.15, 0.2) is 76.1 Å². The third kappa shape index (κ3) is 3.73. The topological polar surface area (TPSA) is 80.9 Å². The van der Waals surface area contributed by atoms with Crippen LogP contribution in [0.4, 0.5) is 5.69 Å². The Morgan fingerprint density at radius 3 is 2.45 bits per heavy atom. The molecular formula is C23H18N2O4. The Hall–Kier alpha value is -3.93. The van der Waals surface area contributed by atoms with Crippen molar-refractivity contribution >= 4 is 39.2 Å². The molecule has 0 saturated heterocycles. The van der Waals surface area contributed by atoms with Gasteiger partial charge in [-0.15, -0.1) is 0 Å². The largest absolute Gasteiger partial charge is 0.497 e. The Morgan fingerprint density at radius 2 is 1.72 bits per heavy atom. The maximum atomic E-state index is 12.7. The summed E-state index contributed by atoms with van der Waals surface area (Å²) in [6.07, 6.45) is 0. The number of ether oxygens (including phenoxy) is 1. The van der Waals surface area contributed by atoms with Crippen molar-refractivity contribution in [2.24, 2.45) is 4.99 Å². The Labute approximate surface area is 166 Å². The molecular weight excluding hydrogens is 368 g/mol. The van der Waals surface area contributed by atoms with E-state index in [1.807, 2.05) is 36.4 Å². The zero-order chi connectivity index (χ0) is 20.4. The number of benzene rings is 3. The minimum absolute atomic E-state index is 0.122. The number of carbonyl (C=O) groups excluding carboxylic acids is 2. The van der Waals surface area contributed by atoms with E-state index in [9.17, 15) is 9.59 Å². The smallest absolute Gasteiger partial charge is 0.263 e. The molecule has 4 rings (SSSR count). The van der Waals surface area contributed by atoms with Crippen molar-refractivity contribution in [3.8, 4) is 5.75 Å². The van der Waals surface area contributed by atoms with Gasteiger partial charge in [-0.1, -0.05) is 30.3 Å². The Kier molecular flexibility index (Phi) is 4.83. The second kappa shape index (κ2) is 7.59. The third-order valence-corrected chi connectivity index (χ3v) is 4.49. The summed E-state index contributed by atoms with van der Waals surface area (Å²) in [5, 5.41) is 5.03. The van der Waals surface area contributed by atoms with Gasteiger partial charge in [0.25, 0.3) is 5.91 Å². The van der Waals surface area contributed by atoms with E-state index < -0.39 is 11.8 Å². The van der Waals surface area contributed by atoms with Crippen LogP contribution >= 0.6 is 0 Å². The lowest BCUT2D eigenvalue weighted by molar-refractivity contribution is -0.118. The molecule has 0 spiro atoms. The van der Waals surface area contributed by atoms with Crippen LogP contribution in [-0.4, -0.2) is 18.9 Å². The van der Waals surface area contributed by atoms with Crippen molar-refractivity contribution < 1.29 is 18.7 Å². The number of rotatable bonds is 3. The highest BCUT2D eigenvalue weighted by atomic mass is 16.5. The van der Waals surface area contributed by atoms with Gasteiger partial charge in [-0.2, -0.15) is 0 Å².